The third-order valence-corrected chi connectivity index (χ3v) is 4.46. The molecule has 0 spiro atoms. The van der Waals surface area contributed by atoms with Gasteiger partial charge in [-0.3, -0.25) is 4.79 Å². The van der Waals surface area contributed by atoms with E-state index < -0.39 is 0 Å². The van der Waals surface area contributed by atoms with Crippen molar-refractivity contribution in [3.8, 4) is 11.5 Å². The molecule has 3 aromatic rings. The lowest BCUT2D eigenvalue weighted by atomic mass is 10.1. The predicted molar refractivity (Wildman–Crippen MR) is 110 cm³/mol. The molecule has 2 N–H and O–H groups in total. The Labute approximate surface area is 169 Å². The van der Waals surface area contributed by atoms with E-state index in [1.165, 1.54) is 5.56 Å². The van der Waals surface area contributed by atoms with Gasteiger partial charge in [0.1, 0.15) is 18.9 Å². The summed E-state index contributed by atoms with van der Waals surface area (Å²) in [5, 5.41) is 6.03. The molecule has 1 aliphatic heterocycles. The summed E-state index contributed by atoms with van der Waals surface area (Å²) in [6, 6.07) is 15.2. The van der Waals surface area contributed by atoms with E-state index in [1.807, 2.05) is 56.3 Å². The second kappa shape index (κ2) is 8.18. The number of hydrogen-bond acceptors (Lipinski definition) is 6. The van der Waals surface area contributed by atoms with E-state index in [-0.39, 0.29) is 5.91 Å². The van der Waals surface area contributed by atoms with E-state index in [9.17, 15) is 4.79 Å². The SMILES string of the molecule is Cc1ccc(CNC(=O)c2cc(C)nc(Nc3ccc4c(c3)OCCO4)n2)cc1. The van der Waals surface area contributed by atoms with Gasteiger partial charge in [-0.05, 0) is 37.6 Å². The van der Waals surface area contributed by atoms with E-state index >= 15 is 0 Å². The Balaban J connectivity index is 1.47. The second-order valence-electron chi connectivity index (χ2n) is 6.87. The number of hydrogen-bond donors (Lipinski definition) is 2. The molecule has 4 rings (SSSR count). The molecule has 29 heavy (non-hydrogen) atoms. The summed E-state index contributed by atoms with van der Waals surface area (Å²) in [6.07, 6.45) is 0. The van der Waals surface area contributed by atoms with Crippen molar-refractivity contribution in [1.29, 1.82) is 0 Å². The van der Waals surface area contributed by atoms with Crippen LogP contribution in [0.2, 0.25) is 0 Å². The lowest BCUT2D eigenvalue weighted by molar-refractivity contribution is 0.0945. The molecule has 7 nitrogen and oxygen atoms in total. The maximum atomic E-state index is 12.6. The summed E-state index contributed by atoms with van der Waals surface area (Å²) in [6.45, 7) is 5.35. The Morgan fingerprint density at radius 2 is 1.72 bits per heavy atom. The molecule has 0 atom stereocenters. The number of nitrogens with one attached hydrogen (secondary N) is 2. The van der Waals surface area contributed by atoms with E-state index in [2.05, 4.69) is 20.6 Å². The summed E-state index contributed by atoms with van der Waals surface area (Å²) >= 11 is 0. The Hall–Kier alpha value is -3.61. The van der Waals surface area contributed by atoms with Crippen molar-refractivity contribution in [1.82, 2.24) is 15.3 Å². The standard InChI is InChI=1S/C22H22N4O3/c1-14-3-5-16(6-4-14)13-23-21(27)18-11-15(2)24-22(26-18)25-17-7-8-19-20(12-17)29-10-9-28-19/h3-8,11-12H,9-10,13H2,1-2H3,(H,23,27)(H,24,25,26). The number of rotatable bonds is 5. The topological polar surface area (TPSA) is 85.4 Å². The number of carbonyl (C=O) groups is 1. The van der Waals surface area contributed by atoms with Gasteiger partial charge >= 0.3 is 0 Å². The van der Waals surface area contributed by atoms with Crippen molar-refractivity contribution in [2.45, 2.75) is 20.4 Å². The fourth-order valence-corrected chi connectivity index (χ4v) is 2.97. The van der Waals surface area contributed by atoms with Gasteiger partial charge in [0.25, 0.3) is 5.91 Å². The monoisotopic (exact) mass is 390 g/mol. The van der Waals surface area contributed by atoms with Gasteiger partial charge in [0.15, 0.2) is 11.5 Å². The van der Waals surface area contributed by atoms with Gasteiger partial charge in [-0.25, -0.2) is 9.97 Å². The fourth-order valence-electron chi connectivity index (χ4n) is 2.97. The lowest BCUT2D eigenvalue weighted by Gasteiger charge is -2.19. The predicted octanol–water partition coefficient (Wildman–Crippen LogP) is 3.54. The van der Waals surface area contributed by atoms with E-state index in [0.717, 1.165) is 11.3 Å². The summed E-state index contributed by atoms with van der Waals surface area (Å²) in [4.78, 5) is 21.3. The maximum Gasteiger partial charge on any atom is 0.270 e. The smallest absolute Gasteiger partial charge is 0.270 e. The number of nitrogens with zero attached hydrogens (tertiary/aromatic N) is 2. The van der Waals surface area contributed by atoms with Crippen LogP contribution in [0, 0.1) is 13.8 Å². The lowest BCUT2D eigenvalue weighted by Crippen LogP contribution is -2.24. The van der Waals surface area contributed by atoms with Gasteiger partial charge in [-0.15, -0.1) is 0 Å². The molecular formula is C22H22N4O3. The van der Waals surface area contributed by atoms with E-state index in [0.29, 0.717) is 48.6 Å². The zero-order valence-electron chi connectivity index (χ0n) is 16.4. The molecule has 1 aliphatic rings. The first-order valence-electron chi connectivity index (χ1n) is 9.43. The van der Waals surface area contributed by atoms with Crippen molar-refractivity contribution < 1.29 is 14.3 Å². The first-order chi connectivity index (χ1) is 14.1. The number of benzene rings is 2. The third kappa shape index (κ3) is 4.63. The van der Waals surface area contributed by atoms with Crippen LogP contribution in [-0.4, -0.2) is 29.1 Å². The Morgan fingerprint density at radius 3 is 2.52 bits per heavy atom. The zero-order chi connectivity index (χ0) is 20.2. The normalized spacial score (nSPS) is 12.3. The van der Waals surface area contributed by atoms with Crippen LogP contribution in [0.4, 0.5) is 11.6 Å². The van der Waals surface area contributed by atoms with Crippen LogP contribution >= 0.6 is 0 Å². The molecule has 2 aromatic carbocycles. The van der Waals surface area contributed by atoms with Crippen molar-refractivity contribution >= 4 is 17.5 Å². The van der Waals surface area contributed by atoms with Crippen LogP contribution in [0.3, 0.4) is 0 Å². The van der Waals surface area contributed by atoms with Crippen LogP contribution in [0.5, 0.6) is 11.5 Å². The molecule has 2 heterocycles. The van der Waals surface area contributed by atoms with Crippen molar-refractivity contribution in [3.63, 3.8) is 0 Å². The quantitative estimate of drug-likeness (QED) is 0.693. The Kier molecular flexibility index (Phi) is 5.29. The van der Waals surface area contributed by atoms with Gasteiger partial charge < -0.3 is 20.1 Å². The summed E-state index contributed by atoms with van der Waals surface area (Å²) < 4.78 is 11.1. The van der Waals surface area contributed by atoms with Crippen LogP contribution < -0.4 is 20.1 Å². The van der Waals surface area contributed by atoms with Crippen molar-refractivity contribution in [2.24, 2.45) is 0 Å². The molecule has 0 saturated heterocycles. The fraction of sp³-hybridized carbons (Fsp3) is 0.227. The highest BCUT2D eigenvalue weighted by atomic mass is 16.6. The van der Waals surface area contributed by atoms with Gasteiger partial charge in [0.05, 0.1) is 0 Å². The van der Waals surface area contributed by atoms with Crippen LogP contribution in [-0.2, 0) is 6.54 Å². The molecular weight excluding hydrogens is 368 g/mol. The minimum Gasteiger partial charge on any atom is -0.486 e. The molecule has 0 radical (unpaired) electrons. The van der Waals surface area contributed by atoms with E-state index in [1.54, 1.807) is 6.07 Å². The Bertz CT molecular complexity index is 1030. The second-order valence-corrected chi connectivity index (χ2v) is 6.87. The number of fused-ring (bicyclic) bond motifs is 1. The van der Waals surface area contributed by atoms with Crippen LogP contribution in [0.15, 0.2) is 48.5 Å². The zero-order valence-corrected chi connectivity index (χ0v) is 16.4. The number of ether oxygens (including phenoxy) is 2. The summed E-state index contributed by atoms with van der Waals surface area (Å²) in [7, 11) is 0. The highest BCUT2D eigenvalue weighted by Gasteiger charge is 2.14. The van der Waals surface area contributed by atoms with E-state index in [4.69, 9.17) is 9.47 Å². The first-order valence-corrected chi connectivity index (χ1v) is 9.43. The molecule has 148 valence electrons. The Morgan fingerprint density at radius 1 is 0.966 bits per heavy atom. The van der Waals surface area contributed by atoms with Gasteiger partial charge in [-0.1, -0.05) is 29.8 Å². The molecule has 7 heteroatoms. The third-order valence-electron chi connectivity index (χ3n) is 4.46. The van der Waals surface area contributed by atoms with Crippen LogP contribution in [0.25, 0.3) is 0 Å². The molecule has 0 fully saturated rings. The molecule has 0 saturated carbocycles. The van der Waals surface area contributed by atoms with Gasteiger partial charge in [0, 0.05) is 24.0 Å². The summed E-state index contributed by atoms with van der Waals surface area (Å²) in [5.41, 5.74) is 3.97. The average molecular weight is 390 g/mol. The molecule has 1 amide bonds. The number of amides is 1. The summed E-state index contributed by atoms with van der Waals surface area (Å²) in [5.74, 6) is 1.48. The number of aryl methyl sites for hydroxylation is 2. The first kappa shape index (κ1) is 18.7. The number of anilines is 2. The average Bonchev–Trinajstić information content (AvgIpc) is 2.72. The number of aromatic nitrogens is 2. The highest BCUT2D eigenvalue weighted by Crippen LogP contribution is 2.33. The molecule has 0 bridgehead atoms. The minimum atomic E-state index is -0.249. The van der Waals surface area contributed by atoms with Gasteiger partial charge in [0.2, 0.25) is 5.95 Å². The number of carbonyl (C=O) groups excluding carboxylic acids is 1. The molecule has 1 aromatic heterocycles. The van der Waals surface area contributed by atoms with Crippen molar-refractivity contribution in [3.05, 3.63) is 71.0 Å². The minimum absolute atomic E-state index is 0.249. The maximum absolute atomic E-state index is 12.6. The molecule has 0 aliphatic carbocycles. The van der Waals surface area contributed by atoms with Crippen LogP contribution in [0.1, 0.15) is 27.3 Å². The van der Waals surface area contributed by atoms with Gasteiger partial charge in [-0.2, -0.15) is 0 Å². The van der Waals surface area contributed by atoms with Crippen molar-refractivity contribution in [2.75, 3.05) is 18.5 Å². The largest absolute Gasteiger partial charge is 0.486 e. The highest BCUT2D eigenvalue weighted by molar-refractivity contribution is 5.92. The molecule has 0 unspecified atom stereocenters.